The first-order valence-corrected chi connectivity index (χ1v) is 2.40. The lowest BCUT2D eigenvalue weighted by Gasteiger charge is -1.96. The molecule has 0 aromatic carbocycles. The number of nitrogens with zero attached hydrogens (tertiary/aromatic N) is 1. The van der Waals surface area contributed by atoms with Crippen LogP contribution in [0.4, 0.5) is 11.5 Å². The van der Waals surface area contributed by atoms with E-state index in [4.69, 9.17) is 16.6 Å². The zero-order chi connectivity index (χ0) is 6.85. The quantitative estimate of drug-likeness (QED) is 0.454. The predicted octanol–water partition coefficient (Wildman–Crippen LogP) is -0.0484. The number of aromatic hydroxyl groups is 1. The van der Waals surface area contributed by atoms with Gasteiger partial charge in [0.25, 0.3) is 0 Å². The standard InChI is InChI=1S/C5H7N3O/c6-3-1-4(9)5(7)8-2-3/h1-2,9H,6H2,(H2,7,8). The Hall–Kier alpha value is -1.45. The molecule has 1 rings (SSSR count). The summed E-state index contributed by atoms with van der Waals surface area (Å²) in [5.41, 5.74) is 10.8. The number of nitrogen functional groups attached to an aromatic ring is 2. The van der Waals surface area contributed by atoms with Crippen molar-refractivity contribution in [3.63, 3.8) is 0 Å². The van der Waals surface area contributed by atoms with Crippen molar-refractivity contribution in [1.82, 2.24) is 4.98 Å². The van der Waals surface area contributed by atoms with E-state index in [1.54, 1.807) is 0 Å². The van der Waals surface area contributed by atoms with E-state index in [9.17, 15) is 0 Å². The summed E-state index contributed by atoms with van der Waals surface area (Å²) in [6.07, 6.45) is 1.38. The van der Waals surface area contributed by atoms with Crippen LogP contribution in [-0.2, 0) is 0 Å². The van der Waals surface area contributed by atoms with Gasteiger partial charge in [-0.1, -0.05) is 0 Å². The maximum Gasteiger partial charge on any atom is 0.166 e. The Labute approximate surface area is 52.1 Å². The van der Waals surface area contributed by atoms with Gasteiger partial charge in [0.05, 0.1) is 11.9 Å². The molecule has 0 atom stereocenters. The first-order valence-electron chi connectivity index (χ1n) is 2.40. The molecule has 1 aromatic rings. The molecule has 1 heterocycles. The van der Waals surface area contributed by atoms with Crippen LogP contribution in [0.25, 0.3) is 0 Å². The van der Waals surface area contributed by atoms with Gasteiger partial charge in [0.2, 0.25) is 0 Å². The van der Waals surface area contributed by atoms with E-state index in [2.05, 4.69) is 4.98 Å². The van der Waals surface area contributed by atoms with E-state index >= 15 is 0 Å². The average molecular weight is 125 g/mol. The van der Waals surface area contributed by atoms with Crippen LogP contribution in [0.2, 0.25) is 0 Å². The van der Waals surface area contributed by atoms with E-state index in [0.717, 1.165) is 0 Å². The molecule has 4 nitrogen and oxygen atoms in total. The third-order valence-electron chi connectivity index (χ3n) is 0.919. The second kappa shape index (κ2) is 1.81. The van der Waals surface area contributed by atoms with Gasteiger partial charge in [-0.15, -0.1) is 0 Å². The Morgan fingerprint density at radius 3 is 2.56 bits per heavy atom. The summed E-state index contributed by atoms with van der Waals surface area (Å²) < 4.78 is 0. The highest BCUT2D eigenvalue weighted by molar-refractivity contribution is 5.52. The lowest BCUT2D eigenvalue weighted by Crippen LogP contribution is -1.92. The number of hydrogen-bond donors (Lipinski definition) is 3. The average Bonchev–Trinajstić information content (AvgIpc) is 1.80. The molecule has 0 unspecified atom stereocenters. The minimum atomic E-state index is -0.0741. The lowest BCUT2D eigenvalue weighted by atomic mass is 10.4. The molecule has 1 aromatic heterocycles. The summed E-state index contributed by atoms with van der Waals surface area (Å²) in [6.45, 7) is 0. The van der Waals surface area contributed by atoms with Crippen molar-refractivity contribution in [3.05, 3.63) is 12.3 Å². The molecule has 0 spiro atoms. The minimum Gasteiger partial charge on any atom is -0.504 e. The number of nitrogens with two attached hydrogens (primary N) is 2. The Morgan fingerprint density at radius 1 is 1.44 bits per heavy atom. The maximum atomic E-state index is 8.83. The third kappa shape index (κ3) is 1.02. The summed E-state index contributed by atoms with van der Waals surface area (Å²) in [5, 5.41) is 8.83. The molecular weight excluding hydrogens is 118 g/mol. The van der Waals surface area contributed by atoms with Crippen molar-refractivity contribution in [1.29, 1.82) is 0 Å². The van der Waals surface area contributed by atoms with Crippen LogP contribution in [0.1, 0.15) is 0 Å². The fourth-order valence-electron chi connectivity index (χ4n) is 0.479. The van der Waals surface area contributed by atoms with Crippen LogP contribution in [0.15, 0.2) is 12.3 Å². The van der Waals surface area contributed by atoms with Crippen LogP contribution < -0.4 is 11.5 Å². The molecule has 0 fully saturated rings. The second-order valence-electron chi connectivity index (χ2n) is 1.67. The molecule has 0 aliphatic rings. The molecule has 0 saturated heterocycles. The topological polar surface area (TPSA) is 85.2 Å². The molecule has 0 amide bonds. The number of aromatic nitrogens is 1. The highest BCUT2D eigenvalue weighted by Gasteiger charge is 1.94. The smallest absolute Gasteiger partial charge is 0.166 e. The lowest BCUT2D eigenvalue weighted by molar-refractivity contribution is 0.476. The van der Waals surface area contributed by atoms with E-state index in [1.165, 1.54) is 12.3 Å². The van der Waals surface area contributed by atoms with E-state index < -0.39 is 0 Å². The molecule has 48 valence electrons. The Kier molecular flexibility index (Phi) is 1.14. The number of rotatable bonds is 0. The third-order valence-corrected chi connectivity index (χ3v) is 0.919. The second-order valence-corrected chi connectivity index (χ2v) is 1.67. The van der Waals surface area contributed by atoms with Crippen LogP contribution >= 0.6 is 0 Å². The Bertz CT molecular complexity index is 223. The van der Waals surface area contributed by atoms with E-state index in [-0.39, 0.29) is 11.6 Å². The largest absolute Gasteiger partial charge is 0.504 e. The monoisotopic (exact) mass is 125 g/mol. The van der Waals surface area contributed by atoms with Gasteiger partial charge in [-0.05, 0) is 0 Å². The van der Waals surface area contributed by atoms with E-state index in [1.807, 2.05) is 0 Å². The van der Waals surface area contributed by atoms with Crippen LogP contribution in [0.3, 0.4) is 0 Å². The van der Waals surface area contributed by atoms with Crippen molar-refractivity contribution in [2.75, 3.05) is 11.5 Å². The summed E-state index contributed by atoms with van der Waals surface area (Å²) >= 11 is 0. The zero-order valence-corrected chi connectivity index (χ0v) is 4.70. The molecule has 9 heavy (non-hydrogen) atoms. The number of anilines is 2. The van der Waals surface area contributed by atoms with Crippen molar-refractivity contribution in [2.45, 2.75) is 0 Å². The SMILES string of the molecule is Nc1cnc(N)c(O)c1. The van der Waals surface area contributed by atoms with Crippen LogP contribution in [0, 0.1) is 0 Å². The van der Waals surface area contributed by atoms with Crippen molar-refractivity contribution >= 4 is 11.5 Å². The molecule has 5 N–H and O–H groups in total. The van der Waals surface area contributed by atoms with Gasteiger partial charge in [-0.2, -0.15) is 0 Å². The van der Waals surface area contributed by atoms with Gasteiger partial charge in [-0.3, -0.25) is 0 Å². The normalized spacial score (nSPS) is 9.33. The minimum absolute atomic E-state index is 0.0741. The molecule has 0 radical (unpaired) electrons. The fourth-order valence-corrected chi connectivity index (χ4v) is 0.479. The van der Waals surface area contributed by atoms with Crippen molar-refractivity contribution in [2.24, 2.45) is 0 Å². The molecule has 0 aliphatic carbocycles. The van der Waals surface area contributed by atoms with Crippen LogP contribution in [-0.4, -0.2) is 10.1 Å². The molecule has 0 aliphatic heterocycles. The first kappa shape index (κ1) is 5.68. The highest BCUT2D eigenvalue weighted by Crippen LogP contribution is 2.17. The molecular formula is C5H7N3O. The summed E-state index contributed by atoms with van der Waals surface area (Å²) in [6, 6.07) is 1.35. The number of pyridine rings is 1. The summed E-state index contributed by atoms with van der Waals surface area (Å²) in [5.74, 6) is 0.0270. The maximum absolute atomic E-state index is 8.83. The van der Waals surface area contributed by atoms with Gasteiger partial charge < -0.3 is 16.6 Å². The summed E-state index contributed by atoms with van der Waals surface area (Å²) in [7, 11) is 0. The predicted molar refractivity (Wildman–Crippen MR) is 34.7 cm³/mol. The van der Waals surface area contributed by atoms with Crippen molar-refractivity contribution < 1.29 is 5.11 Å². The Balaban J connectivity index is 3.17. The summed E-state index contributed by atoms with van der Waals surface area (Å²) in [4.78, 5) is 3.58. The van der Waals surface area contributed by atoms with Gasteiger partial charge in [-0.25, -0.2) is 4.98 Å². The molecule has 0 saturated carbocycles. The van der Waals surface area contributed by atoms with Gasteiger partial charge in [0.1, 0.15) is 0 Å². The zero-order valence-electron chi connectivity index (χ0n) is 4.70. The van der Waals surface area contributed by atoms with E-state index in [0.29, 0.717) is 5.69 Å². The van der Waals surface area contributed by atoms with Gasteiger partial charge in [0.15, 0.2) is 11.6 Å². The van der Waals surface area contributed by atoms with Crippen LogP contribution in [0.5, 0.6) is 5.75 Å². The number of hydrogen-bond acceptors (Lipinski definition) is 4. The van der Waals surface area contributed by atoms with Gasteiger partial charge >= 0.3 is 0 Å². The highest BCUT2D eigenvalue weighted by atomic mass is 16.3. The molecule has 0 bridgehead atoms. The fraction of sp³-hybridized carbons (Fsp3) is 0. The molecule has 4 heteroatoms. The first-order chi connectivity index (χ1) is 4.20. The van der Waals surface area contributed by atoms with Gasteiger partial charge in [0, 0.05) is 6.07 Å². The Morgan fingerprint density at radius 2 is 2.11 bits per heavy atom. The van der Waals surface area contributed by atoms with Crippen molar-refractivity contribution in [3.8, 4) is 5.75 Å².